The number of piperidine rings is 1. The summed E-state index contributed by atoms with van der Waals surface area (Å²) in [4.78, 5) is 39.0. The van der Waals surface area contributed by atoms with Crippen molar-refractivity contribution in [1.82, 2.24) is 25.1 Å². The number of carbonyl (C=O) groups excluding carboxylic acids is 2. The summed E-state index contributed by atoms with van der Waals surface area (Å²) in [5.74, 6) is 0.0294. The van der Waals surface area contributed by atoms with Crippen molar-refractivity contribution in [3.8, 4) is 0 Å². The smallest absolute Gasteiger partial charge is 0.323 e. The number of aryl methyl sites for hydroxylation is 1. The third-order valence-corrected chi connectivity index (χ3v) is 6.69. The van der Waals surface area contributed by atoms with Gasteiger partial charge in [-0.15, -0.1) is 0 Å². The number of carbonyl (C=O) groups is 2. The molecule has 2 aromatic rings. The molecule has 0 radical (unpaired) electrons. The molecule has 7 heteroatoms. The average Bonchev–Trinajstić information content (AvgIpc) is 2.99. The lowest BCUT2D eigenvalue weighted by atomic mass is 9.75. The topological polar surface area (TPSA) is 78.4 Å². The molecule has 3 heterocycles. The van der Waals surface area contributed by atoms with Crippen molar-refractivity contribution in [1.29, 1.82) is 0 Å². The van der Waals surface area contributed by atoms with Gasteiger partial charge in [-0.3, -0.25) is 14.6 Å². The minimum absolute atomic E-state index is 0.0994. The molecule has 2 fully saturated rings. The zero-order valence-electron chi connectivity index (χ0n) is 18.6. The second-order valence-corrected chi connectivity index (χ2v) is 8.90. The first-order chi connectivity index (χ1) is 14.8. The normalized spacial score (nSPS) is 22.9. The third kappa shape index (κ3) is 3.94. The first-order valence-corrected chi connectivity index (χ1v) is 11.1. The molecule has 0 saturated carbocycles. The zero-order valence-corrected chi connectivity index (χ0v) is 18.6. The van der Waals surface area contributed by atoms with Crippen LogP contribution in [0.25, 0.3) is 11.0 Å². The molecule has 1 unspecified atom stereocenters. The maximum absolute atomic E-state index is 13.2. The Balaban J connectivity index is 1.45. The summed E-state index contributed by atoms with van der Waals surface area (Å²) < 4.78 is 0. The van der Waals surface area contributed by atoms with Crippen LogP contribution in [-0.4, -0.2) is 56.9 Å². The molecule has 7 nitrogen and oxygen atoms in total. The molecular weight excluding hydrogens is 390 g/mol. The Morgan fingerprint density at radius 3 is 2.45 bits per heavy atom. The molecule has 0 aliphatic carbocycles. The molecule has 2 aliphatic heterocycles. The number of nitrogens with zero attached hydrogens (tertiary/aromatic N) is 4. The van der Waals surface area contributed by atoms with E-state index in [1.807, 2.05) is 45.0 Å². The molecule has 1 N–H and O–H groups in total. The highest BCUT2D eigenvalue weighted by atomic mass is 16.2. The lowest BCUT2D eigenvalue weighted by Crippen LogP contribution is -2.55. The Hall–Kier alpha value is -2.80. The summed E-state index contributed by atoms with van der Waals surface area (Å²) in [6.07, 6.45) is 2.33. The van der Waals surface area contributed by atoms with E-state index in [1.54, 1.807) is 0 Å². The van der Waals surface area contributed by atoms with E-state index in [9.17, 15) is 9.59 Å². The van der Waals surface area contributed by atoms with E-state index in [0.717, 1.165) is 60.5 Å². The summed E-state index contributed by atoms with van der Waals surface area (Å²) in [6.45, 7) is 12.5. The maximum atomic E-state index is 13.2. The minimum atomic E-state index is -0.794. The molecule has 3 amide bonds. The summed E-state index contributed by atoms with van der Waals surface area (Å²) in [5, 5.41) is 3.04. The second kappa shape index (κ2) is 8.38. The number of urea groups is 1. The van der Waals surface area contributed by atoms with Crippen LogP contribution in [0, 0.1) is 12.8 Å². The Morgan fingerprint density at radius 1 is 1.19 bits per heavy atom. The fraction of sp³-hybridized carbons (Fsp3) is 0.500. The van der Waals surface area contributed by atoms with Crippen LogP contribution < -0.4 is 5.32 Å². The number of hydrogen-bond donors (Lipinski definition) is 1. The minimum Gasteiger partial charge on any atom is -0.323 e. The number of amides is 3. The van der Waals surface area contributed by atoms with Gasteiger partial charge in [0.2, 0.25) is 0 Å². The van der Waals surface area contributed by atoms with E-state index in [4.69, 9.17) is 9.97 Å². The molecule has 164 valence electrons. The highest BCUT2D eigenvalue weighted by Crippen LogP contribution is 2.36. The second-order valence-electron chi connectivity index (χ2n) is 8.90. The van der Waals surface area contributed by atoms with Crippen LogP contribution >= 0.6 is 0 Å². The van der Waals surface area contributed by atoms with Gasteiger partial charge in [-0.05, 0) is 64.3 Å². The zero-order chi connectivity index (χ0) is 22.2. The van der Waals surface area contributed by atoms with Gasteiger partial charge in [-0.2, -0.15) is 0 Å². The first-order valence-electron chi connectivity index (χ1n) is 11.1. The Morgan fingerprint density at radius 2 is 1.84 bits per heavy atom. The van der Waals surface area contributed by atoms with Crippen LogP contribution in [0.2, 0.25) is 0 Å². The predicted molar refractivity (Wildman–Crippen MR) is 120 cm³/mol. The number of aromatic nitrogens is 2. The Labute approximate surface area is 183 Å². The molecular formula is C24H31N5O2. The number of imide groups is 1. The largest absolute Gasteiger partial charge is 0.325 e. The summed E-state index contributed by atoms with van der Waals surface area (Å²) in [6, 6.07) is 7.65. The van der Waals surface area contributed by atoms with Crippen molar-refractivity contribution >= 4 is 23.0 Å². The van der Waals surface area contributed by atoms with E-state index >= 15 is 0 Å². The fourth-order valence-corrected chi connectivity index (χ4v) is 4.93. The first kappa shape index (κ1) is 21.4. The highest BCUT2D eigenvalue weighted by Gasteiger charge is 2.54. The van der Waals surface area contributed by atoms with Gasteiger partial charge in [0.05, 0.1) is 29.0 Å². The third-order valence-electron chi connectivity index (χ3n) is 6.69. The molecule has 1 atom stereocenters. The fourth-order valence-electron chi connectivity index (χ4n) is 4.93. The van der Waals surface area contributed by atoms with Crippen molar-refractivity contribution in [2.45, 2.75) is 52.1 Å². The van der Waals surface area contributed by atoms with Gasteiger partial charge in [0.1, 0.15) is 5.54 Å². The number of rotatable bonds is 6. The Bertz CT molecular complexity index is 1030. The molecule has 2 aliphatic rings. The molecule has 4 rings (SSSR count). The monoisotopic (exact) mass is 421 g/mol. The van der Waals surface area contributed by atoms with E-state index in [1.165, 1.54) is 4.90 Å². The number of hydrogen-bond acceptors (Lipinski definition) is 5. The van der Waals surface area contributed by atoms with Gasteiger partial charge in [0.25, 0.3) is 5.91 Å². The summed E-state index contributed by atoms with van der Waals surface area (Å²) in [7, 11) is 0. The van der Waals surface area contributed by atoms with Crippen LogP contribution in [0.15, 0.2) is 36.4 Å². The van der Waals surface area contributed by atoms with Crippen LogP contribution in [0.5, 0.6) is 0 Å². The van der Waals surface area contributed by atoms with E-state index < -0.39 is 5.54 Å². The highest BCUT2D eigenvalue weighted by molar-refractivity contribution is 6.07. The number of nitrogens with one attached hydrogen (secondary N) is 1. The van der Waals surface area contributed by atoms with Crippen LogP contribution in [0.1, 0.15) is 44.5 Å². The van der Waals surface area contributed by atoms with E-state index in [0.29, 0.717) is 6.42 Å². The van der Waals surface area contributed by atoms with E-state index in [-0.39, 0.29) is 24.4 Å². The van der Waals surface area contributed by atoms with E-state index in [2.05, 4.69) is 16.8 Å². The number of fused-ring (bicyclic) bond motifs is 1. The lowest BCUT2D eigenvalue weighted by molar-refractivity contribution is -0.134. The summed E-state index contributed by atoms with van der Waals surface area (Å²) in [5.41, 5.74) is 3.80. The van der Waals surface area contributed by atoms with Gasteiger partial charge in [-0.1, -0.05) is 31.2 Å². The van der Waals surface area contributed by atoms with Gasteiger partial charge >= 0.3 is 6.03 Å². The molecule has 1 aromatic heterocycles. The van der Waals surface area contributed by atoms with Crippen LogP contribution in [-0.2, 0) is 11.3 Å². The molecule has 1 aromatic carbocycles. The summed E-state index contributed by atoms with van der Waals surface area (Å²) >= 11 is 0. The van der Waals surface area contributed by atoms with Gasteiger partial charge < -0.3 is 5.32 Å². The van der Waals surface area contributed by atoms with Crippen molar-refractivity contribution < 1.29 is 9.59 Å². The quantitative estimate of drug-likeness (QED) is 0.571. The molecule has 0 spiro atoms. The van der Waals surface area contributed by atoms with Crippen molar-refractivity contribution in [3.05, 3.63) is 47.8 Å². The number of para-hydroxylation sites is 2. The molecule has 2 saturated heterocycles. The molecule has 31 heavy (non-hydrogen) atoms. The Kier molecular flexibility index (Phi) is 5.79. The van der Waals surface area contributed by atoms with Crippen molar-refractivity contribution in [2.24, 2.45) is 5.92 Å². The standard InChI is InChI=1S/C24H31N5O2/c1-5-24(22(30)29(14-16(2)3)23(31)27-24)18-10-12-28(13-11-18)15-21-17(4)25-19-8-6-7-9-20(19)26-21/h6-9,18H,2,5,10-15H2,1,3-4H3,(H,27,31). The molecule has 0 bridgehead atoms. The number of benzene rings is 1. The van der Waals surface area contributed by atoms with Gasteiger partial charge in [0.15, 0.2) is 0 Å². The van der Waals surface area contributed by atoms with Gasteiger partial charge in [-0.25, -0.2) is 14.8 Å². The van der Waals surface area contributed by atoms with Gasteiger partial charge in [0, 0.05) is 6.54 Å². The van der Waals surface area contributed by atoms with Crippen LogP contribution in [0.3, 0.4) is 0 Å². The van der Waals surface area contributed by atoms with Crippen molar-refractivity contribution in [3.63, 3.8) is 0 Å². The van der Waals surface area contributed by atoms with Crippen LogP contribution in [0.4, 0.5) is 4.79 Å². The maximum Gasteiger partial charge on any atom is 0.325 e. The average molecular weight is 422 g/mol. The lowest BCUT2D eigenvalue weighted by Gasteiger charge is -2.40. The SMILES string of the molecule is C=C(C)CN1C(=O)NC(CC)(C2CCN(Cc3nc4ccccc4nc3C)CC2)C1=O. The number of likely N-dealkylation sites (tertiary alicyclic amines) is 1. The van der Waals surface area contributed by atoms with Crippen molar-refractivity contribution in [2.75, 3.05) is 19.6 Å². The predicted octanol–water partition coefficient (Wildman–Crippen LogP) is 3.43.